The fourth-order valence-corrected chi connectivity index (χ4v) is 2.86. The molecule has 1 aromatic rings. The summed E-state index contributed by atoms with van der Waals surface area (Å²) in [5, 5.41) is 0. The van der Waals surface area contributed by atoms with E-state index in [1.807, 2.05) is 12.1 Å². The molecule has 5 nitrogen and oxygen atoms in total. The Morgan fingerprint density at radius 2 is 2.10 bits per heavy atom. The second-order valence-corrected chi connectivity index (χ2v) is 6.23. The zero-order valence-electron chi connectivity index (χ0n) is 12.8. The topological polar surface area (TPSA) is 60.6 Å². The van der Waals surface area contributed by atoms with Gasteiger partial charge in [0.15, 0.2) is 0 Å². The van der Waals surface area contributed by atoms with Crippen molar-refractivity contribution in [3.63, 3.8) is 0 Å². The molecule has 2 heterocycles. The second-order valence-electron chi connectivity index (χ2n) is 6.23. The molecule has 2 fully saturated rings. The van der Waals surface area contributed by atoms with Crippen LogP contribution in [0.15, 0.2) is 12.1 Å². The monoisotopic (exact) mass is 291 g/mol. The quantitative estimate of drug-likeness (QED) is 0.871. The highest BCUT2D eigenvalue weighted by molar-refractivity contribution is 5.54. The summed E-state index contributed by atoms with van der Waals surface area (Å²) in [5.41, 5.74) is 6.60. The number of aromatic nitrogens is 1. The third-order valence-corrected chi connectivity index (χ3v) is 4.27. The van der Waals surface area contributed by atoms with Crippen molar-refractivity contribution in [2.75, 3.05) is 44.0 Å². The normalized spacial score (nSPS) is 22.3. The number of nitrogens with two attached hydrogens (primary N) is 1. The summed E-state index contributed by atoms with van der Waals surface area (Å²) >= 11 is 0. The second kappa shape index (κ2) is 6.52. The Balaban J connectivity index is 1.67. The van der Waals surface area contributed by atoms with Gasteiger partial charge in [-0.05, 0) is 49.7 Å². The van der Waals surface area contributed by atoms with Crippen molar-refractivity contribution < 1.29 is 9.47 Å². The lowest BCUT2D eigenvalue weighted by Gasteiger charge is -2.33. The van der Waals surface area contributed by atoms with E-state index in [0.29, 0.717) is 23.4 Å². The molecule has 116 valence electrons. The minimum Gasteiger partial charge on any atom is -0.476 e. The van der Waals surface area contributed by atoms with Crippen LogP contribution in [0.2, 0.25) is 0 Å². The van der Waals surface area contributed by atoms with E-state index in [1.165, 1.54) is 25.7 Å². The molecular weight excluding hydrogens is 266 g/mol. The molecule has 1 atom stereocenters. The van der Waals surface area contributed by atoms with Crippen LogP contribution in [0.3, 0.4) is 0 Å². The van der Waals surface area contributed by atoms with Crippen molar-refractivity contribution in [2.45, 2.75) is 25.7 Å². The van der Waals surface area contributed by atoms with Crippen LogP contribution in [-0.2, 0) is 4.74 Å². The van der Waals surface area contributed by atoms with Crippen molar-refractivity contribution in [2.24, 2.45) is 11.8 Å². The van der Waals surface area contributed by atoms with Crippen molar-refractivity contribution in [1.82, 2.24) is 4.98 Å². The summed E-state index contributed by atoms with van der Waals surface area (Å²) in [6.45, 7) is 3.59. The van der Waals surface area contributed by atoms with Gasteiger partial charge in [0.1, 0.15) is 5.82 Å². The molecule has 2 N–H and O–H groups in total. The lowest BCUT2D eigenvalue weighted by molar-refractivity contribution is 0.143. The average molecular weight is 291 g/mol. The fourth-order valence-electron chi connectivity index (χ4n) is 2.86. The number of nitrogen functional groups attached to an aromatic ring is 1. The van der Waals surface area contributed by atoms with Gasteiger partial charge in [0, 0.05) is 20.2 Å². The Kier molecular flexibility index (Phi) is 4.48. The van der Waals surface area contributed by atoms with Gasteiger partial charge in [0.05, 0.1) is 18.9 Å². The fraction of sp³-hybridized carbons (Fsp3) is 0.688. The van der Waals surface area contributed by atoms with Crippen LogP contribution in [0.1, 0.15) is 25.7 Å². The maximum atomic E-state index is 5.97. The highest BCUT2D eigenvalue weighted by atomic mass is 16.5. The Bertz CT molecular complexity index is 475. The largest absolute Gasteiger partial charge is 0.476 e. The van der Waals surface area contributed by atoms with Gasteiger partial charge in [-0.15, -0.1) is 0 Å². The first kappa shape index (κ1) is 14.4. The Morgan fingerprint density at radius 3 is 2.86 bits per heavy atom. The van der Waals surface area contributed by atoms with Crippen LogP contribution in [-0.4, -0.2) is 38.4 Å². The lowest BCUT2D eigenvalue weighted by Crippen LogP contribution is -2.37. The van der Waals surface area contributed by atoms with Crippen molar-refractivity contribution in [3.05, 3.63) is 12.1 Å². The predicted octanol–water partition coefficient (Wildman–Crippen LogP) is 2.32. The van der Waals surface area contributed by atoms with E-state index in [4.69, 9.17) is 15.2 Å². The molecule has 3 rings (SSSR count). The van der Waals surface area contributed by atoms with Crippen LogP contribution in [0.25, 0.3) is 0 Å². The Hall–Kier alpha value is -1.49. The van der Waals surface area contributed by atoms with Gasteiger partial charge in [-0.2, -0.15) is 4.98 Å². The molecule has 21 heavy (non-hydrogen) atoms. The summed E-state index contributed by atoms with van der Waals surface area (Å²) < 4.78 is 11.1. The summed E-state index contributed by atoms with van der Waals surface area (Å²) in [6, 6.07) is 3.90. The molecule has 1 saturated carbocycles. The lowest BCUT2D eigenvalue weighted by atomic mass is 9.99. The molecule has 0 bridgehead atoms. The number of pyridine rings is 1. The number of methoxy groups -OCH3 is 1. The zero-order chi connectivity index (χ0) is 14.7. The van der Waals surface area contributed by atoms with Gasteiger partial charge in [0.25, 0.3) is 0 Å². The van der Waals surface area contributed by atoms with Crippen molar-refractivity contribution in [3.8, 4) is 5.88 Å². The molecule has 1 aliphatic heterocycles. The minimum absolute atomic E-state index is 0.582. The maximum absolute atomic E-state index is 5.97. The van der Waals surface area contributed by atoms with Gasteiger partial charge in [-0.1, -0.05) is 0 Å². The molecular formula is C16H25N3O2. The van der Waals surface area contributed by atoms with Crippen molar-refractivity contribution in [1.29, 1.82) is 0 Å². The van der Waals surface area contributed by atoms with E-state index in [9.17, 15) is 0 Å². The molecule has 5 heteroatoms. The summed E-state index contributed by atoms with van der Waals surface area (Å²) in [7, 11) is 1.77. The molecule has 1 aromatic heterocycles. The molecule has 0 amide bonds. The van der Waals surface area contributed by atoms with Crippen LogP contribution < -0.4 is 15.4 Å². The van der Waals surface area contributed by atoms with Crippen LogP contribution in [0.5, 0.6) is 5.88 Å². The van der Waals surface area contributed by atoms with Gasteiger partial charge in [0.2, 0.25) is 5.88 Å². The number of anilines is 2. The number of hydrogen-bond donors (Lipinski definition) is 1. The van der Waals surface area contributed by atoms with E-state index in [-0.39, 0.29) is 0 Å². The number of hydrogen-bond acceptors (Lipinski definition) is 5. The number of ether oxygens (including phenoxy) is 2. The molecule has 0 aromatic carbocycles. The molecule has 1 aliphatic carbocycles. The van der Waals surface area contributed by atoms with E-state index < -0.39 is 0 Å². The smallest absolute Gasteiger partial charge is 0.239 e. The number of nitrogens with zero attached hydrogens (tertiary/aromatic N) is 2. The predicted molar refractivity (Wildman–Crippen MR) is 83.7 cm³/mol. The highest BCUT2D eigenvalue weighted by Crippen LogP contribution is 2.31. The van der Waals surface area contributed by atoms with Crippen LogP contribution in [0, 0.1) is 11.8 Å². The van der Waals surface area contributed by atoms with E-state index >= 15 is 0 Å². The minimum atomic E-state index is 0.582. The third kappa shape index (κ3) is 3.79. The summed E-state index contributed by atoms with van der Waals surface area (Å²) in [4.78, 5) is 6.94. The first-order valence-electron chi connectivity index (χ1n) is 7.89. The molecule has 1 saturated heterocycles. The van der Waals surface area contributed by atoms with Gasteiger partial charge >= 0.3 is 0 Å². The summed E-state index contributed by atoms with van der Waals surface area (Å²) in [6.07, 6.45) is 4.94. The van der Waals surface area contributed by atoms with E-state index in [1.54, 1.807) is 7.11 Å². The number of piperidine rings is 1. The van der Waals surface area contributed by atoms with E-state index in [0.717, 1.165) is 32.1 Å². The standard InChI is InChI=1S/C16H25N3O2/c1-20-10-13-3-2-8-19(9-13)15-7-6-14(17)16(18-15)21-11-12-4-5-12/h6-7,12-13H,2-5,8-11,17H2,1H3. The van der Waals surface area contributed by atoms with Gasteiger partial charge in [-0.25, -0.2) is 0 Å². The molecule has 1 unspecified atom stereocenters. The van der Waals surface area contributed by atoms with Gasteiger partial charge in [-0.3, -0.25) is 0 Å². The van der Waals surface area contributed by atoms with Gasteiger partial charge < -0.3 is 20.1 Å². The number of rotatable bonds is 6. The van der Waals surface area contributed by atoms with E-state index in [2.05, 4.69) is 9.88 Å². The maximum Gasteiger partial charge on any atom is 0.239 e. The Morgan fingerprint density at radius 1 is 1.24 bits per heavy atom. The van der Waals surface area contributed by atoms with Crippen molar-refractivity contribution >= 4 is 11.5 Å². The molecule has 0 radical (unpaired) electrons. The Labute approximate surface area is 126 Å². The first-order valence-corrected chi connectivity index (χ1v) is 7.89. The molecule has 2 aliphatic rings. The average Bonchev–Trinajstić information content (AvgIpc) is 3.31. The SMILES string of the molecule is COCC1CCCN(c2ccc(N)c(OCC3CC3)n2)C1. The highest BCUT2D eigenvalue weighted by Gasteiger charge is 2.24. The molecule has 0 spiro atoms. The first-order chi connectivity index (χ1) is 10.3. The van der Waals surface area contributed by atoms with Crippen LogP contribution in [0.4, 0.5) is 11.5 Å². The zero-order valence-corrected chi connectivity index (χ0v) is 12.8. The van der Waals surface area contributed by atoms with Crippen LogP contribution >= 0.6 is 0 Å². The summed E-state index contributed by atoms with van der Waals surface area (Å²) in [5.74, 6) is 2.85. The third-order valence-electron chi connectivity index (χ3n) is 4.27.